The van der Waals surface area contributed by atoms with Crippen LogP contribution in [0.5, 0.6) is 0 Å². The van der Waals surface area contributed by atoms with Crippen LogP contribution in [0.2, 0.25) is 0 Å². The molecule has 0 aliphatic carbocycles. The molecule has 1 aromatic heterocycles. The minimum atomic E-state index is -0.120. The Kier molecular flexibility index (Phi) is 4.08. The lowest BCUT2D eigenvalue weighted by molar-refractivity contribution is 0.107. The second kappa shape index (κ2) is 6.18. The number of rotatable bonds is 3. The maximum absolute atomic E-state index is 12.7. The van der Waals surface area contributed by atoms with Crippen molar-refractivity contribution in [3.05, 3.63) is 59.4 Å². The topological polar surface area (TPSA) is 80.7 Å². The molecule has 2 heterocycles. The van der Waals surface area contributed by atoms with Gasteiger partial charge in [-0.25, -0.2) is 0 Å². The van der Waals surface area contributed by atoms with E-state index in [1.54, 1.807) is 18.5 Å². The summed E-state index contributed by atoms with van der Waals surface area (Å²) in [6.45, 7) is 3.91. The molecule has 5 nitrogen and oxygen atoms in total. The zero-order valence-corrected chi connectivity index (χ0v) is 13.6. The maximum atomic E-state index is 12.7. The lowest BCUT2D eigenvalue weighted by Gasteiger charge is -2.02. The van der Waals surface area contributed by atoms with Gasteiger partial charge in [0.2, 0.25) is 5.84 Å². The predicted octanol–water partition coefficient (Wildman–Crippen LogP) is 2.19. The molecule has 2 aromatic rings. The quantitative estimate of drug-likeness (QED) is 0.534. The van der Waals surface area contributed by atoms with Gasteiger partial charge in [-0.05, 0) is 31.5 Å². The number of hydrogen-bond acceptors (Lipinski definition) is 4. The molecule has 0 fully saturated rings. The number of carbonyl (C=O) groups is 1. The molecule has 0 spiro atoms. The molecule has 6 heteroatoms. The highest BCUT2D eigenvalue weighted by Gasteiger charge is 2.36. The molecule has 2 N–H and O–H groups in total. The average molecular weight is 323 g/mol. The van der Waals surface area contributed by atoms with E-state index in [0.717, 1.165) is 11.1 Å². The molecule has 1 aliphatic rings. The second-order valence-electron chi connectivity index (χ2n) is 5.18. The van der Waals surface area contributed by atoms with Crippen LogP contribution in [0.3, 0.4) is 0 Å². The van der Waals surface area contributed by atoms with E-state index in [0.29, 0.717) is 21.3 Å². The molecule has 0 atom stereocenters. The molecule has 0 radical (unpaired) electrons. The number of aliphatic imine (C=N–C) groups is 2. The van der Waals surface area contributed by atoms with Crippen LogP contribution in [0.25, 0.3) is 0 Å². The number of carbonyl (C=O) groups excluding carboxylic acids is 1. The van der Waals surface area contributed by atoms with Crippen molar-refractivity contribution in [2.45, 2.75) is 13.8 Å². The van der Waals surface area contributed by atoms with Gasteiger partial charge in [0.1, 0.15) is 0 Å². The minimum Gasteiger partial charge on any atom is -0.379 e. The Morgan fingerprint density at radius 3 is 2.78 bits per heavy atom. The summed E-state index contributed by atoms with van der Waals surface area (Å²) in [5.41, 5.74) is 9.27. The smallest absolute Gasteiger partial charge is 0.379 e. The van der Waals surface area contributed by atoms with Crippen molar-refractivity contribution >= 4 is 38.7 Å². The molecule has 1 aromatic carbocycles. The Balaban J connectivity index is 1.94. The number of aromatic nitrogens is 1. The largest absolute Gasteiger partial charge is 0.425 e. The number of benzene rings is 1. The molecule has 0 saturated heterocycles. The number of nitrogens with zero attached hydrogens (tertiary/aromatic N) is 3. The van der Waals surface area contributed by atoms with E-state index in [9.17, 15) is 4.79 Å². The van der Waals surface area contributed by atoms with Crippen molar-refractivity contribution in [1.29, 1.82) is 0 Å². The van der Waals surface area contributed by atoms with E-state index >= 15 is 0 Å². The van der Waals surface area contributed by atoms with E-state index in [1.807, 2.05) is 38.1 Å². The predicted molar refractivity (Wildman–Crippen MR) is 95.6 cm³/mol. The Bertz CT molecular complexity index is 869. The zero-order valence-electron chi connectivity index (χ0n) is 12.8. The van der Waals surface area contributed by atoms with Gasteiger partial charge < -0.3 is 5.73 Å². The Labute approximate surface area is 138 Å². The highest BCUT2D eigenvalue weighted by molar-refractivity contribution is 7.98. The first-order valence-corrected chi connectivity index (χ1v) is 7.86. The molecular weight excluding hydrogens is 308 g/mol. The number of Topliss-reactive ketones (excluding diaryl/α,β-unsaturated/α-hetero) is 1. The first-order valence-electron chi connectivity index (χ1n) is 7.04. The van der Waals surface area contributed by atoms with Crippen LogP contribution in [0.4, 0.5) is 5.69 Å². The van der Waals surface area contributed by atoms with Crippen LogP contribution >= 0.6 is 0 Å². The van der Waals surface area contributed by atoms with Gasteiger partial charge in [0.05, 0.1) is 11.9 Å². The Morgan fingerprint density at radius 2 is 2.09 bits per heavy atom. The van der Waals surface area contributed by atoms with Gasteiger partial charge in [-0.2, -0.15) is 9.98 Å². The fourth-order valence-electron chi connectivity index (χ4n) is 2.25. The first kappa shape index (κ1) is 15.2. The van der Waals surface area contributed by atoms with Gasteiger partial charge in [0, 0.05) is 11.8 Å². The van der Waals surface area contributed by atoms with Crippen LogP contribution in [0.15, 0.2) is 52.7 Å². The van der Waals surface area contributed by atoms with Crippen LogP contribution in [-0.2, 0) is 11.4 Å². The van der Waals surface area contributed by atoms with Crippen LogP contribution < -0.4 is 5.73 Å². The van der Waals surface area contributed by atoms with Crippen LogP contribution in [-0.4, -0.2) is 26.6 Å². The van der Waals surface area contributed by atoms with Crippen molar-refractivity contribution in [2.75, 3.05) is 0 Å². The Morgan fingerprint density at radius 1 is 1.26 bits per heavy atom. The van der Waals surface area contributed by atoms with Crippen molar-refractivity contribution < 1.29 is 4.79 Å². The normalized spacial score (nSPS) is 15.5. The maximum Gasteiger partial charge on any atom is 0.425 e. The van der Waals surface area contributed by atoms with Gasteiger partial charge in [0.15, 0.2) is 0 Å². The van der Waals surface area contributed by atoms with Crippen molar-refractivity contribution in [3.63, 3.8) is 0 Å². The van der Waals surface area contributed by atoms with Gasteiger partial charge in [-0.15, -0.1) is 0 Å². The van der Waals surface area contributed by atoms with E-state index in [2.05, 4.69) is 15.0 Å². The van der Waals surface area contributed by atoms with E-state index < -0.39 is 0 Å². The SMILES string of the molecule is Cc1ccc(C(=O)C2=[S+]C(=Nc3cccnc3)N=C2N)c(C)c1. The summed E-state index contributed by atoms with van der Waals surface area (Å²) >= 11 is 1.19. The molecule has 114 valence electrons. The highest BCUT2D eigenvalue weighted by atomic mass is 32.1. The highest BCUT2D eigenvalue weighted by Crippen LogP contribution is 2.15. The lowest BCUT2D eigenvalue weighted by atomic mass is 10.0. The fourth-order valence-corrected chi connectivity index (χ4v) is 3.08. The van der Waals surface area contributed by atoms with E-state index in [-0.39, 0.29) is 11.6 Å². The molecule has 0 amide bonds. The third-order valence-corrected chi connectivity index (χ3v) is 4.31. The Hall–Kier alpha value is -2.73. The van der Waals surface area contributed by atoms with Gasteiger partial charge in [-0.3, -0.25) is 9.78 Å². The lowest BCUT2D eigenvalue weighted by Crippen LogP contribution is -2.29. The van der Waals surface area contributed by atoms with Crippen molar-refractivity contribution in [1.82, 2.24) is 4.98 Å². The summed E-state index contributed by atoms with van der Waals surface area (Å²) in [5.74, 6) is 0.0905. The average Bonchev–Trinajstić information content (AvgIpc) is 2.88. The number of ketones is 1. The third kappa shape index (κ3) is 3.22. The monoisotopic (exact) mass is 323 g/mol. The summed E-state index contributed by atoms with van der Waals surface area (Å²) < 4.78 is 0. The molecular formula is C17H15N4OS+. The number of aryl methyl sites for hydroxylation is 2. The summed E-state index contributed by atoms with van der Waals surface area (Å²) in [6.07, 6.45) is 3.30. The molecule has 0 bridgehead atoms. The molecule has 1 aliphatic heterocycles. The summed E-state index contributed by atoms with van der Waals surface area (Å²) in [7, 11) is 0. The summed E-state index contributed by atoms with van der Waals surface area (Å²) in [5, 5.41) is 0.448. The molecule has 23 heavy (non-hydrogen) atoms. The van der Waals surface area contributed by atoms with Gasteiger partial charge in [0.25, 0.3) is 17.1 Å². The third-order valence-electron chi connectivity index (χ3n) is 3.35. The fraction of sp³-hybridized carbons (Fsp3) is 0.118. The molecule has 0 unspecified atom stereocenters. The van der Waals surface area contributed by atoms with E-state index in [4.69, 9.17) is 5.73 Å². The molecule has 3 rings (SSSR count). The van der Waals surface area contributed by atoms with Crippen LogP contribution in [0.1, 0.15) is 21.5 Å². The van der Waals surface area contributed by atoms with Crippen molar-refractivity contribution in [3.8, 4) is 0 Å². The molecule has 0 saturated carbocycles. The second-order valence-corrected chi connectivity index (χ2v) is 6.16. The number of nitrogens with two attached hydrogens (primary N) is 1. The van der Waals surface area contributed by atoms with Crippen LogP contribution in [0, 0.1) is 13.8 Å². The van der Waals surface area contributed by atoms with Gasteiger partial charge >= 0.3 is 10.0 Å². The summed E-state index contributed by atoms with van der Waals surface area (Å²) in [4.78, 5) is 25.6. The zero-order chi connectivity index (χ0) is 16.4. The van der Waals surface area contributed by atoms with Gasteiger partial charge in [-0.1, -0.05) is 23.8 Å². The summed E-state index contributed by atoms with van der Waals surface area (Å²) in [6, 6.07) is 9.32. The number of amidine groups is 2. The first-order chi connectivity index (χ1) is 11.0. The van der Waals surface area contributed by atoms with Crippen molar-refractivity contribution in [2.24, 2.45) is 15.7 Å². The standard InChI is InChI=1S/C17H15N4OS/c1-10-5-6-13(11(2)8-10)14(22)15-16(18)21-17(23-15)20-12-4-3-7-19-9-12/h3-9H,1-2H3,(H2,18,20,21)/q+1. The number of hydrogen-bond donors (Lipinski definition) is 1. The van der Waals surface area contributed by atoms with E-state index in [1.165, 1.54) is 11.4 Å². The number of pyridine rings is 1. The minimum absolute atomic E-state index is 0.120.